The van der Waals surface area contributed by atoms with E-state index in [4.69, 9.17) is 5.26 Å². The second-order valence-corrected chi connectivity index (χ2v) is 3.54. The third kappa shape index (κ3) is 1.84. The lowest BCUT2D eigenvalue weighted by molar-refractivity contribution is -0.144. The SMILES string of the molecule is COC(=O)C(C)(C#N)c1ccccc1C. The molecule has 0 bridgehead atoms. The number of carbonyl (C=O) groups excluding carboxylic acids is 1. The minimum atomic E-state index is -1.22. The molecule has 0 aromatic heterocycles. The summed E-state index contributed by atoms with van der Waals surface area (Å²) in [5.74, 6) is -0.528. The molecule has 1 atom stereocenters. The van der Waals surface area contributed by atoms with Gasteiger partial charge in [-0.05, 0) is 25.0 Å². The molecule has 0 aliphatic rings. The van der Waals surface area contributed by atoms with Crippen molar-refractivity contribution < 1.29 is 9.53 Å². The average Bonchev–Trinajstić information content (AvgIpc) is 2.27. The van der Waals surface area contributed by atoms with Crippen LogP contribution >= 0.6 is 0 Å². The van der Waals surface area contributed by atoms with E-state index in [1.165, 1.54) is 7.11 Å². The van der Waals surface area contributed by atoms with E-state index in [0.29, 0.717) is 5.56 Å². The zero-order valence-corrected chi connectivity index (χ0v) is 9.07. The van der Waals surface area contributed by atoms with Gasteiger partial charge in [0.05, 0.1) is 13.2 Å². The van der Waals surface area contributed by atoms with Gasteiger partial charge in [-0.2, -0.15) is 5.26 Å². The van der Waals surface area contributed by atoms with E-state index < -0.39 is 11.4 Å². The van der Waals surface area contributed by atoms with E-state index >= 15 is 0 Å². The lowest BCUT2D eigenvalue weighted by atomic mass is 9.81. The molecule has 1 aromatic carbocycles. The molecule has 0 amide bonds. The molecule has 0 saturated carbocycles. The molecule has 0 spiro atoms. The van der Waals surface area contributed by atoms with Crippen molar-refractivity contribution in [2.75, 3.05) is 7.11 Å². The Morgan fingerprint density at radius 3 is 2.53 bits per heavy atom. The van der Waals surface area contributed by atoms with Crippen molar-refractivity contribution in [3.8, 4) is 6.07 Å². The summed E-state index contributed by atoms with van der Waals surface area (Å²) >= 11 is 0. The van der Waals surface area contributed by atoms with Gasteiger partial charge < -0.3 is 4.74 Å². The Kier molecular flexibility index (Phi) is 3.11. The van der Waals surface area contributed by atoms with Crippen LogP contribution < -0.4 is 0 Å². The van der Waals surface area contributed by atoms with Crippen molar-refractivity contribution >= 4 is 5.97 Å². The zero-order chi connectivity index (χ0) is 11.5. The Balaban J connectivity index is 3.31. The van der Waals surface area contributed by atoms with Gasteiger partial charge in [0.1, 0.15) is 0 Å². The van der Waals surface area contributed by atoms with Gasteiger partial charge in [0, 0.05) is 0 Å². The van der Waals surface area contributed by atoms with E-state index in [2.05, 4.69) is 4.74 Å². The molecule has 0 saturated heterocycles. The van der Waals surface area contributed by atoms with Gasteiger partial charge in [0.25, 0.3) is 0 Å². The van der Waals surface area contributed by atoms with Crippen LogP contribution in [0.2, 0.25) is 0 Å². The van der Waals surface area contributed by atoms with Gasteiger partial charge in [-0.25, -0.2) is 4.79 Å². The van der Waals surface area contributed by atoms with Gasteiger partial charge in [0.15, 0.2) is 5.41 Å². The highest BCUT2D eigenvalue weighted by Crippen LogP contribution is 2.27. The molecule has 0 radical (unpaired) electrons. The number of hydrogen-bond donors (Lipinski definition) is 0. The zero-order valence-electron chi connectivity index (χ0n) is 9.07. The molecule has 3 heteroatoms. The Bertz CT molecular complexity index is 420. The van der Waals surface area contributed by atoms with Crippen LogP contribution in [0.15, 0.2) is 24.3 Å². The summed E-state index contributed by atoms with van der Waals surface area (Å²) in [6.07, 6.45) is 0. The quantitative estimate of drug-likeness (QED) is 0.690. The number of methoxy groups -OCH3 is 1. The second-order valence-electron chi connectivity index (χ2n) is 3.54. The largest absolute Gasteiger partial charge is 0.468 e. The number of esters is 1. The average molecular weight is 203 g/mol. The van der Waals surface area contributed by atoms with Crippen molar-refractivity contribution in [2.24, 2.45) is 0 Å². The minimum Gasteiger partial charge on any atom is -0.468 e. The highest BCUT2D eigenvalue weighted by Gasteiger charge is 2.37. The normalized spacial score (nSPS) is 13.7. The summed E-state index contributed by atoms with van der Waals surface area (Å²) in [7, 11) is 1.29. The fourth-order valence-corrected chi connectivity index (χ4v) is 1.55. The third-order valence-corrected chi connectivity index (χ3v) is 2.50. The Morgan fingerprint density at radius 1 is 1.47 bits per heavy atom. The summed E-state index contributed by atoms with van der Waals surface area (Å²) in [6, 6.07) is 9.33. The molecular formula is C12H13NO2. The molecule has 78 valence electrons. The first-order valence-electron chi connectivity index (χ1n) is 4.62. The molecule has 1 aromatic rings. The first-order valence-corrected chi connectivity index (χ1v) is 4.62. The molecule has 1 rings (SSSR count). The lowest BCUT2D eigenvalue weighted by Crippen LogP contribution is -2.32. The van der Waals surface area contributed by atoms with E-state index in [0.717, 1.165) is 5.56 Å². The van der Waals surface area contributed by atoms with Gasteiger partial charge in [-0.1, -0.05) is 24.3 Å². The molecule has 3 nitrogen and oxygen atoms in total. The van der Waals surface area contributed by atoms with E-state index in [-0.39, 0.29) is 0 Å². The monoisotopic (exact) mass is 203 g/mol. The van der Waals surface area contributed by atoms with E-state index in [1.807, 2.05) is 25.1 Å². The van der Waals surface area contributed by atoms with Crippen LogP contribution in [0.25, 0.3) is 0 Å². The molecule has 0 aliphatic carbocycles. The summed E-state index contributed by atoms with van der Waals surface area (Å²) < 4.78 is 4.65. The van der Waals surface area contributed by atoms with Crippen LogP contribution in [0.1, 0.15) is 18.1 Å². The first kappa shape index (κ1) is 11.3. The van der Waals surface area contributed by atoms with Crippen molar-refractivity contribution in [2.45, 2.75) is 19.3 Å². The van der Waals surface area contributed by atoms with Crippen LogP contribution in [-0.4, -0.2) is 13.1 Å². The van der Waals surface area contributed by atoms with E-state index in [1.54, 1.807) is 19.1 Å². The molecule has 0 heterocycles. The topological polar surface area (TPSA) is 50.1 Å². The summed E-state index contributed by atoms with van der Waals surface area (Å²) in [6.45, 7) is 3.44. The molecular weight excluding hydrogens is 190 g/mol. The Morgan fingerprint density at radius 2 is 2.07 bits per heavy atom. The van der Waals surface area contributed by atoms with Crippen molar-refractivity contribution in [1.29, 1.82) is 5.26 Å². The third-order valence-electron chi connectivity index (χ3n) is 2.50. The first-order chi connectivity index (χ1) is 7.06. The van der Waals surface area contributed by atoms with E-state index in [9.17, 15) is 4.79 Å². The lowest BCUT2D eigenvalue weighted by Gasteiger charge is -2.20. The molecule has 0 fully saturated rings. The number of nitriles is 1. The van der Waals surface area contributed by atoms with Crippen LogP contribution in [-0.2, 0) is 14.9 Å². The number of rotatable bonds is 2. The number of carbonyl (C=O) groups is 1. The maximum absolute atomic E-state index is 11.6. The number of aryl methyl sites for hydroxylation is 1. The summed E-state index contributed by atoms with van der Waals surface area (Å²) in [5.41, 5.74) is 0.381. The highest BCUT2D eigenvalue weighted by atomic mass is 16.5. The molecule has 1 unspecified atom stereocenters. The maximum atomic E-state index is 11.6. The predicted molar refractivity (Wildman–Crippen MR) is 56.2 cm³/mol. The standard InChI is InChI=1S/C12H13NO2/c1-9-6-4-5-7-10(9)12(2,8-13)11(14)15-3/h4-7H,1-3H3. The number of ether oxygens (including phenoxy) is 1. The van der Waals surface area contributed by atoms with Crippen molar-refractivity contribution in [1.82, 2.24) is 0 Å². The van der Waals surface area contributed by atoms with Gasteiger partial charge >= 0.3 is 5.97 Å². The van der Waals surface area contributed by atoms with Crippen LogP contribution in [0.4, 0.5) is 0 Å². The minimum absolute atomic E-state index is 0.528. The molecule has 15 heavy (non-hydrogen) atoms. The summed E-state index contributed by atoms with van der Waals surface area (Å²) in [5, 5.41) is 9.11. The highest BCUT2D eigenvalue weighted by molar-refractivity contribution is 5.86. The van der Waals surface area contributed by atoms with Crippen molar-refractivity contribution in [3.05, 3.63) is 35.4 Å². The maximum Gasteiger partial charge on any atom is 0.330 e. The molecule has 0 N–H and O–H groups in total. The smallest absolute Gasteiger partial charge is 0.330 e. The van der Waals surface area contributed by atoms with Crippen LogP contribution in [0.3, 0.4) is 0 Å². The van der Waals surface area contributed by atoms with Gasteiger partial charge in [0.2, 0.25) is 0 Å². The fourth-order valence-electron chi connectivity index (χ4n) is 1.55. The second kappa shape index (κ2) is 4.14. The number of benzene rings is 1. The fraction of sp³-hybridized carbons (Fsp3) is 0.333. The van der Waals surface area contributed by atoms with Crippen molar-refractivity contribution in [3.63, 3.8) is 0 Å². The number of hydrogen-bond acceptors (Lipinski definition) is 3. The van der Waals surface area contributed by atoms with Gasteiger partial charge in [-0.3, -0.25) is 0 Å². The van der Waals surface area contributed by atoms with Crippen LogP contribution in [0.5, 0.6) is 0 Å². The number of nitrogens with zero attached hydrogens (tertiary/aromatic N) is 1. The molecule has 0 aliphatic heterocycles. The predicted octanol–water partition coefficient (Wildman–Crippen LogP) is 1.95. The van der Waals surface area contributed by atoms with Crippen LogP contribution in [0, 0.1) is 18.3 Å². The summed E-state index contributed by atoms with van der Waals surface area (Å²) in [4.78, 5) is 11.6. The van der Waals surface area contributed by atoms with Gasteiger partial charge in [-0.15, -0.1) is 0 Å². The Hall–Kier alpha value is -1.82. The Labute approximate surface area is 89.3 Å².